The lowest BCUT2D eigenvalue weighted by molar-refractivity contribution is -0.384. The summed E-state index contributed by atoms with van der Waals surface area (Å²) in [6.07, 6.45) is 0.836. The predicted octanol–water partition coefficient (Wildman–Crippen LogP) is 6.70. The summed E-state index contributed by atoms with van der Waals surface area (Å²) < 4.78 is 0.639. The van der Waals surface area contributed by atoms with E-state index in [0.717, 1.165) is 23.2 Å². The number of anilines is 1. The Bertz CT molecular complexity index is 1170. The van der Waals surface area contributed by atoms with Crippen molar-refractivity contribution in [1.29, 1.82) is 0 Å². The van der Waals surface area contributed by atoms with Gasteiger partial charge in [0.25, 0.3) is 11.6 Å². The number of rotatable bonds is 2. The molecule has 3 aromatic rings. The van der Waals surface area contributed by atoms with Crippen molar-refractivity contribution in [3.63, 3.8) is 0 Å². The third-order valence-corrected chi connectivity index (χ3v) is 7.24. The highest BCUT2D eigenvalue weighted by Gasteiger charge is 2.41. The van der Waals surface area contributed by atoms with E-state index in [0.29, 0.717) is 25.9 Å². The monoisotopic (exact) mass is 428 g/mol. The molecule has 0 bridgehead atoms. The van der Waals surface area contributed by atoms with Crippen molar-refractivity contribution < 1.29 is 9.72 Å². The van der Waals surface area contributed by atoms with Crippen LogP contribution in [0, 0.1) is 17.0 Å². The Morgan fingerprint density at radius 3 is 2.69 bits per heavy atom. The predicted molar refractivity (Wildman–Crippen MR) is 119 cm³/mol. The van der Waals surface area contributed by atoms with Crippen LogP contribution in [0.2, 0.25) is 5.02 Å². The van der Waals surface area contributed by atoms with Crippen LogP contribution in [0.1, 0.15) is 53.9 Å². The number of non-ortho nitro benzene ring substituents is 1. The summed E-state index contributed by atoms with van der Waals surface area (Å²) in [4.78, 5) is 26.6. The van der Waals surface area contributed by atoms with E-state index in [4.69, 9.17) is 11.6 Å². The van der Waals surface area contributed by atoms with Crippen LogP contribution in [0.25, 0.3) is 10.1 Å². The van der Waals surface area contributed by atoms with E-state index in [1.807, 2.05) is 11.8 Å². The van der Waals surface area contributed by atoms with E-state index in [1.54, 1.807) is 6.07 Å². The molecule has 0 radical (unpaired) electrons. The summed E-state index contributed by atoms with van der Waals surface area (Å²) in [7, 11) is 0. The molecule has 150 valence electrons. The maximum Gasteiger partial charge on any atom is 0.270 e. The number of carbonyl (C=O) groups is 1. The van der Waals surface area contributed by atoms with Gasteiger partial charge in [0.05, 0.1) is 9.95 Å². The Hall–Kier alpha value is -2.44. The summed E-state index contributed by atoms with van der Waals surface area (Å²) >= 11 is 7.79. The summed E-state index contributed by atoms with van der Waals surface area (Å²) in [5.74, 6) is 0.174. The molecule has 2 heterocycles. The fourth-order valence-corrected chi connectivity index (χ4v) is 5.81. The fraction of sp³-hybridized carbons (Fsp3) is 0.318. The van der Waals surface area contributed by atoms with Crippen LogP contribution in [-0.4, -0.2) is 16.4 Å². The highest BCUT2D eigenvalue weighted by Crippen LogP contribution is 2.46. The SMILES string of the molecule is Cc1ccc2c(c1)N(C(=O)c1sc3cc([N+](=O)[O-])ccc3c1Cl)C(C)(C)CC2C. The minimum absolute atomic E-state index is 0.0116. The van der Waals surface area contributed by atoms with Gasteiger partial charge in [0, 0.05) is 33.4 Å². The Kier molecular flexibility index (Phi) is 4.67. The number of fused-ring (bicyclic) bond motifs is 2. The molecule has 1 aromatic heterocycles. The van der Waals surface area contributed by atoms with Crippen LogP contribution in [0.5, 0.6) is 0 Å². The molecule has 0 N–H and O–H groups in total. The summed E-state index contributed by atoms with van der Waals surface area (Å²) in [5, 5.41) is 12.1. The van der Waals surface area contributed by atoms with E-state index in [2.05, 4.69) is 39.0 Å². The zero-order chi connectivity index (χ0) is 21.1. The molecule has 1 atom stereocenters. The molecule has 1 amide bonds. The maximum absolute atomic E-state index is 13.7. The normalized spacial score (nSPS) is 18.0. The van der Waals surface area contributed by atoms with Crippen LogP contribution in [0.3, 0.4) is 0 Å². The zero-order valence-electron chi connectivity index (χ0n) is 16.7. The van der Waals surface area contributed by atoms with Gasteiger partial charge in [-0.2, -0.15) is 0 Å². The number of hydrogen-bond acceptors (Lipinski definition) is 4. The lowest BCUT2D eigenvalue weighted by Crippen LogP contribution is -2.51. The number of hydrogen-bond donors (Lipinski definition) is 0. The molecule has 7 heteroatoms. The van der Waals surface area contributed by atoms with E-state index in [-0.39, 0.29) is 17.1 Å². The second-order valence-electron chi connectivity index (χ2n) is 8.30. The van der Waals surface area contributed by atoms with Crippen LogP contribution in [0.4, 0.5) is 11.4 Å². The number of amides is 1. The second kappa shape index (κ2) is 6.82. The molecule has 1 aliphatic rings. The number of thiophene rings is 1. The first kappa shape index (κ1) is 19.9. The summed E-state index contributed by atoms with van der Waals surface area (Å²) in [5.41, 5.74) is 2.75. The fourth-order valence-electron chi connectivity index (χ4n) is 4.33. The number of nitrogens with zero attached hydrogens (tertiary/aromatic N) is 2. The average Bonchev–Trinajstić information content (AvgIpc) is 2.96. The molecule has 0 saturated carbocycles. The molecule has 0 aliphatic carbocycles. The summed E-state index contributed by atoms with van der Waals surface area (Å²) in [6, 6.07) is 10.7. The van der Waals surface area contributed by atoms with Gasteiger partial charge in [-0.1, -0.05) is 30.7 Å². The van der Waals surface area contributed by atoms with Crippen LogP contribution in [-0.2, 0) is 0 Å². The van der Waals surface area contributed by atoms with Crippen LogP contribution < -0.4 is 4.90 Å². The largest absolute Gasteiger partial charge is 0.302 e. The number of nitro benzene ring substituents is 1. The Labute approximate surface area is 178 Å². The van der Waals surface area contributed by atoms with E-state index in [1.165, 1.54) is 23.5 Å². The van der Waals surface area contributed by atoms with Gasteiger partial charge in [0.2, 0.25) is 0 Å². The first-order valence-corrected chi connectivity index (χ1v) is 10.6. The number of benzene rings is 2. The third kappa shape index (κ3) is 3.20. The number of nitro groups is 1. The number of aryl methyl sites for hydroxylation is 1. The molecule has 0 spiro atoms. The van der Waals surface area contributed by atoms with Gasteiger partial charge in [-0.05, 0) is 56.4 Å². The zero-order valence-corrected chi connectivity index (χ0v) is 18.2. The van der Waals surface area contributed by atoms with E-state index in [9.17, 15) is 14.9 Å². The van der Waals surface area contributed by atoms with E-state index >= 15 is 0 Å². The molecule has 0 saturated heterocycles. The van der Waals surface area contributed by atoms with Gasteiger partial charge in [-0.15, -0.1) is 11.3 Å². The Morgan fingerprint density at radius 1 is 1.28 bits per heavy atom. The van der Waals surface area contributed by atoms with Gasteiger partial charge in [-0.3, -0.25) is 14.9 Å². The molecular formula is C22H21ClN2O3S. The quantitative estimate of drug-likeness (QED) is 0.336. The standard InChI is InChI=1S/C22H21ClN2O3S/c1-12-5-7-15-13(2)11-22(3,4)24(17(15)9-12)21(26)20-19(23)16-8-6-14(25(27)28)10-18(16)29-20/h5-10,13H,11H2,1-4H3. The molecule has 0 fully saturated rings. The smallest absolute Gasteiger partial charge is 0.270 e. The van der Waals surface area contributed by atoms with Gasteiger partial charge in [-0.25, -0.2) is 0 Å². The van der Waals surface area contributed by atoms with Gasteiger partial charge in [0.15, 0.2) is 0 Å². The van der Waals surface area contributed by atoms with Crippen molar-refractivity contribution in [1.82, 2.24) is 0 Å². The lowest BCUT2D eigenvalue weighted by Gasteiger charge is -2.46. The van der Waals surface area contributed by atoms with Gasteiger partial charge in [0.1, 0.15) is 4.88 Å². The first-order valence-electron chi connectivity index (χ1n) is 9.41. The van der Waals surface area contributed by atoms with Gasteiger partial charge >= 0.3 is 0 Å². The highest BCUT2D eigenvalue weighted by molar-refractivity contribution is 7.21. The molecule has 4 rings (SSSR count). The number of halogens is 1. The lowest BCUT2D eigenvalue weighted by atomic mass is 9.79. The molecular weight excluding hydrogens is 408 g/mol. The highest BCUT2D eigenvalue weighted by atomic mass is 35.5. The van der Waals surface area contributed by atoms with Gasteiger partial charge < -0.3 is 4.90 Å². The van der Waals surface area contributed by atoms with Crippen molar-refractivity contribution in [2.24, 2.45) is 0 Å². The molecule has 29 heavy (non-hydrogen) atoms. The molecule has 1 unspecified atom stereocenters. The summed E-state index contributed by atoms with van der Waals surface area (Å²) in [6.45, 7) is 8.33. The Balaban J connectivity index is 1.87. The molecule has 1 aliphatic heterocycles. The van der Waals surface area contributed by atoms with Crippen molar-refractivity contribution in [2.75, 3.05) is 4.90 Å². The first-order chi connectivity index (χ1) is 13.6. The van der Waals surface area contributed by atoms with Crippen LogP contribution in [0.15, 0.2) is 36.4 Å². The Morgan fingerprint density at radius 2 is 2.00 bits per heavy atom. The molecule has 2 aromatic carbocycles. The minimum atomic E-state index is -0.442. The van der Waals surface area contributed by atoms with Crippen molar-refractivity contribution in [2.45, 2.75) is 45.6 Å². The minimum Gasteiger partial charge on any atom is -0.302 e. The van der Waals surface area contributed by atoms with Crippen molar-refractivity contribution in [3.05, 3.63) is 67.5 Å². The maximum atomic E-state index is 13.7. The molecule has 5 nitrogen and oxygen atoms in total. The van der Waals surface area contributed by atoms with Crippen molar-refractivity contribution in [3.8, 4) is 0 Å². The topological polar surface area (TPSA) is 63.5 Å². The van der Waals surface area contributed by atoms with Crippen molar-refractivity contribution >= 4 is 50.3 Å². The number of carbonyl (C=O) groups excluding carboxylic acids is 1. The second-order valence-corrected chi connectivity index (χ2v) is 9.73. The van der Waals surface area contributed by atoms with Crippen LogP contribution >= 0.6 is 22.9 Å². The third-order valence-electron chi connectivity index (χ3n) is 5.59. The average molecular weight is 429 g/mol. The van der Waals surface area contributed by atoms with E-state index < -0.39 is 4.92 Å².